The van der Waals surface area contributed by atoms with Gasteiger partial charge in [0.15, 0.2) is 0 Å². The van der Waals surface area contributed by atoms with E-state index in [1.165, 1.54) is 0 Å². The molecular weight excluding hydrogens is 265 g/mol. The van der Waals surface area contributed by atoms with Gasteiger partial charge >= 0.3 is 10.4 Å². The van der Waals surface area contributed by atoms with E-state index in [1.54, 1.807) is 13.8 Å². The first-order valence-electron chi connectivity index (χ1n) is 3.56. The van der Waals surface area contributed by atoms with Crippen molar-refractivity contribution in [2.45, 2.75) is 20.3 Å². The molecule has 0 aromatic heterocycles. The van der Waals surface area contributed by atoms with Crippen LogP contribution in [0.4, 0.5) is 4.70 Å². The average Bonchev–Trinajstić information content (AvgIpc) is 1.99. The normalized spacial score (nSPS) is 17.2. The standard InChI is InChI=1S/C6H9NO2.FH.H2O4S.H2S/c1-6(2)3-4(8)7-5(6)9;;1-5(2,3)4;/h3H2,1-2H3,(H,7,8,9);1H;(H2,1,2,3,4);1H2. The van der Waals surface area contributed by atoms with E-state index in [4.69, 9.17) is 17.5 Å². The summed E-state index contributed by atoms with van der Waals surface area (Å²) in [5, 5.41) is 2.23. The third-order valence-electron chi connectivity index (χ3n) is 1.47. The number of carbonyl (C=O) groups is 2. The van der Waals surface area contributed by atoms with Gasteiger partial charge in [-0.3, -0.25) is 28.7 Å². The van der Waals surface area contributed by atoms with E-state index in [0.29, 0.717) is 6.42 Å². The highest BCUT2D eigenvalue weighted by molar-refractivity contribution is 7.79. The molecule has 1 aliphatic rings. The lowest BCUT2D eigenvalue weighted by atomic mass is 9.92. The molecule has 0 aromatic rings. The summed E-state index contributed by atoms with van der Waals surface area (Å²) >= 11 is 0. The fourth-order valence-electron chi connectivity index (χ4n) is 0.822. The summed E-state index contributed by atoms with van der Waals surface area (Å²) < 4.78 is 31.6. The van der Waals surface area contributed by atoms with Gasteiger partial charge in [0.25, 0.3) is 0 Å². The molecule has 0 unspecified atom stereocenters. The largest absolute Gasteiger partial charge is 0.394 e. The molecule has 3 N–H and O–H groups in total. The lowest BCUT2D eigenvalue weighted by Crippen LogP contribution is -2.26. The second kappa shape index (κ2) is 6.78. The summed E-state index contributed by atoms with van der Waals surface area (Å²) in [7, 11) is -4.67. The molecule has 1 aliphatic heterocycles. The summed E-state index contributed by atoms with van der Waals surface area (Å²) in [6.45, 7) is 3.51. The van der Waals surface area contributed by atoms with Crippen LogP contribution in [0.2, 0.25) is 0 Å². The summed E-state index contributed by atoms with van der Waals surface area (Å²) in [6.07, 6.45) is 0.325. The third-order valence-corrected chi connectivity index (χ3v) is 1.47. The smallest absolute Gasteiger partial charge is 0.296 e. The Morgan fingerprint density at radius 2 is 1.56 bits per heavy atom. The van der Waals surface area contributed by atoms with Crippen LogP contribution in [0.1, 0.15) is 20.3 Å². The van der Waals surface area contributed by atoms with Gasteiger partial charge in [-0.1, -0.05) is 13.8 Å². The van der Waals surface area contributed by atoms with Crippen LogP contribution in [-0.4, -0.2) is 29.3 Å². The van der Waals surface area contributed by atoms with Crippen molar-refractivity contribution in [1.29, 1.82) is 0 Å². The highest BCUT2D eigenvalue weighted by Crippen LogP contribution is 2.24. The molecule has 1 saturated heterocycles. The maximum atomic E-state index is 10.8. The number of rotatable bonds is 0. The van der Waals surface area contributed by atoms with Gasteiger partial charge in [-0.05, 0) is 0 Å². The topological polar surface area (TPSA) is 121 Å². The number of imide groups is 1. The van der Waals surface area contributed by atoms with Crippen LogP contribution >= 0.6 is 13.5 Å². The molecular formula is C6H14FNO6S2. The van der Waals surface area contributed by atoms with Crippen molar-refractivity contribution in [3.05, 3.63) is 0 Å². The molecule has 1 fully saturated rings. The highest BCUT2D eigenvalue weighted by atomic mass is 32.3. The second-order valence-electron chi connectivity index (χ2n) is 3.39. The molecule has 7 nitrogen and oxygen atoms in total. The molecule has 2 amide bonds. The highest BCUT2D eigenvalue weighted by Gasteiger charge is 2.37. The number of amides is 2. The zero-order chi connectivity index (χ0) is 11.6. The van der Waals surface area contributed by atoms with Gasteiger partial charge in [0.2, 0.25) is 11.8 Å². The molecule has 0 saturated carbocycles. The Labute approximate surface area is 99.0 Å². The number of carbonyl (C=O) groups excluding carboxylic acids is 2. The first-order chi connectivity index (χ1) is 6.02. The van der Waals surface area contributed by atoms with Gasteiger partial charge in [0.05, 0.1) is 5.41 Å². The van der Waals surface area contributed by atoms with Gasteiger partial charge in [0, 0.05) is 6.42 Å². The lowest BCUT2D eigenvalue weighted by molar-refractivity contribution is -0.127. The zero-order valence-electron chi connectivity index (χ0n) is 8.55. The molecule has 0 aromatic carbocycles. The minimum atomic E-state index is -4.67. The summed E-state index contributed by atoms with van der Waals surface area (Å²) in [5.74, 6) is -0.322. The summed E-state index contributed by atoms with van der Waals surface area (Å²) in [6, 6.07) is 0. The summed E-state index contributed by atoms with van der Waals surface area (Å²) in [4.78, 5) is 21.3. The van der Waals surface area contributed by atoms with Crippen LogP contribution in [0, 0.1) is 5.41 Å². The minimum Gasteiger partial charge on any atom is -0.296 e. The SMILES string of the molecule is CC1(C)CC(=O)NC1=O.F.O=S(=O)(O)O.S. The Bertz CT molecular complexity index is 344. The van der Waals surface area contributed by atoms with Gasteiger partial charge in [-0.15, -0.1) is 0 Å². The van der Waals surface area contributed by atoms with Crippen molar-refractivity contribution >= 4 is 35.7 Å². The van der Waals surface area contributed by atoms with Crippen LogP contribution in [0.25, 0.3) is 0 Å². The predicted octanol–water partition coefficient (Wildman–Crippen LogP) is -0.328. The Hall–Kier alpha value is -0.710. The molecule has 10 heteroatoms. The molecule has 16 heavy (non-hydrogen) atoms. The number of nitrogens with one attached hydrogen (secondary N) is 1. The first kappa shape index (κ1) is 20.7. The van der Waals surface area contributed by atoms with Crippen LogP contribution in [0.5, 0.6) is 0 Å². The van der Waals surface area contributed by atoms with Crippen molar-refractivity contribution in [3.8, 4) is 0 Å². The van der Waals surface area contributed by atoms with Gasteiger partial charge in [0.1, 0.15) is 0 Å². The quantitative estimate of drug-likeness (QED) is 0.412. The average molecular weight is 279 g/mol. The van der Waals surface area contributed by atoms with Crippen molar-refractivity contribution in [2.24, 2.45) is 5.41 Å². The maximum Gasteiger partial charge on any atom is 0.394 e. The Balaban J connectivity index is -0.000000214. The Morgan fingerprint density at radius 1 is 1.25 bits per heavy atom. The molecule has 98 valence electrons. The summed E-state index contributed by atoms with van der Waals surface area (Å²) in [5.41, 5.74) is -0.475. The van der Waals surface area contributed by atoms with Crippen molar-refractivity contribution in [3.63, 3.8) is 0 Å². The maximum absolute atomic E-state index is 10.8. The Kier molecular flexibility index (Phi) is 8.76. The molecule has 0 spiro atoms. The number of hydrogen-bond donors (Lipinski definition) is 3. The van der Waals surface area contributed by atoms with Gasteiger partial charge < -0.3 is 0 Å². The van der Waals surface area contributed by atoms with Crippen LogP contribution < -0.4 is 5.32 Å². The number of halogens is 1. The monoisotopic (exact) mass is 279 g/mol. The molecule has 0 bridgehead atoms. The second-order valence-corrected chi connectivity index (χ2v) is 4.28. The van der Waals surface area contributed by atoms with E-state index in [9.17, 15) is 9.59 Å². The number of hydrogen-bond acceptors (Lipinski definition) is 4. The van der Waals surface area contributed by atoms with E-state index in [2.05, 4.69) is 5.32 Å². The van der Waals surface area contributed by atoms with Crippen LogP contribution in [-0.2, 0) is 20.0 Å². The van der Waals surface area contributed by atoms with E-state index in [1.807, 2.05) is 0 Å². The fourth-order valence-corrected chi connectivity index (χ4v) is 0.822. The van der Waals surface area contributed by atoms with E-state index in [-0.39, 0.29) is 30.0 Å². The Morgan fingerprint density at radius 3 is 1.62 bits per heavy atom. The first-order valence-corrected chi connectivity index (χ1v) is 4.96. The molecule has 0 aliphatic carbocycles. The van der Waals surface area contributed by atoms with Gasteiger partial charge in [-0.25, -0.2) is 0 Å². The molecule has 1 heterocycles. The molecule has 0 radical (unpaired) electrons. The van der Waals surface area contributed by atoms with E-state index >= 15 is 0 Å². The predicted molar refractivity (Wildman–Crippen MR) is 58.6 cm³/mol. The molecule has 1 rings (SSSR count). The van der Waals surface area contributed by atoms with Crippen molar-refractivity contribution < 1.29 is 31.8 Å². The van der Waals surface area contributed by atoms with Crippen LogP contribution in [0.3, 0.4) is 0 Å². The van der Waals surface area contributed by atoms with Crippen molar-refractivity contribution in [2.75, 3.05) is 0 Å². The minimum absolute atomic E-state index is 0. The fraction of sp³-hybridized carbons (Fsp3) is 0.667. The van der Waals surface area contributed by atoms with Crippen LogP contribution in [0.15, 0.2) is 0 Å². The van der Waals surface area contributed by atoms with E-state index < -0.39 is 15.8 Å². The van der Waals surface area contributed by atoms with Crippen molar-refractivity contribution in [1.82, 2.24) is 5.32 Å². The van der Waals surface area contributed by atoms with E-state index in [0.717, 1.165) is 0 Å². The third kappa shape index (κ3) is 9.83. The van der Waals surface area contributed by atoms with Gasteiger partial charge in [-0.2, -0.15) is 21.9 Å². The lowest BCUT2D eigenvalue weighted by Gasteiger charge is -2.08. The molecule has 0 atom stereocenters. The zero-order valence-corrected chi connectivity index (χ0v) is 10.4.